The third kappa shape index (κ3) is 1.95. The van der Waals surface area contributed by atoms with E-state index >= 15 is 0 Å². The molecule has 0 saturated heterocycles. The molecule has 2 rings (SSSR count). The van der Waals surface area contributed by atoms with Crippen LogP contribution in [0.2, 0.25) is 0 Å². The van der Waals surface area contributed by atoms with Gasteiger partial charge in [-0.15, -0.1) is 0 Å². The molecule has 0 aromatic heterocycles. The van der Waals surface area contributed by atoms with E-state index in [-0.39, 0.29) is 17.6 Å². The number of Topliss-reactive ketones (excluding diaryl/α,β-unsaturated/α-hetero) is 1. The van der Waals surface area contributed by atoms with Crippen molar-refractivity contribution in [3.63, 3.8) is 0 Å². The molecule has 0 bridgehead atoms. The lowest BCUT2D eigenvalue weighted by Gasteiger charge is -2.28. The summed E-state index contributed by atoms with van der Waals surface area (Å²) < 4.78 is 22.8. The molecular weight excluding hydrogens is 251 g/mol. The lowest BCUT2D eigenvalue weighted by atomic mass is 10.00. The maximum atomic E-state index is 12.4. The second kappa shape index (κ2) is 4.43. The topological polar surface area (TPSA) is 52.6 Å². The third-order valence-corrected chi connectivity index (χ3v) is 6.41. The van der Waals surface area contributed by atoms with Crippen LogP contribution in [0.3, 0.4) is 0 Å². The maximum Gasteiger partial charge on any atom is 0.170 e. The van der Waals surface area contributed by atoms with E-state index in [4.69, 9.17) is 9.47 Å². The van der Waals surface area contributed by atoms with Gasteiger partial charge in [0, 0.05) is 11.2 Å². The van der Waals surface area contributed by atoms with Gasteiger partial charge >= 0.3 is 0 Å². The molecule has 0 fully saturated rings. The van der Waals surface area contributed by atoms with Crippen LogP contribution >= 0.6 is 7.14 Å². The molecule has 5 heteroatoms. The highest BCUT2D eigenvalue weighted by Crippen LogP contribution is 2.60. The lowest BCUT2D eigenvalue weighted by molar-refractivity contribution is 0.101. The van der Waals surface area contributed by atoms with Gasteiger partial charge in [-0.2, -0.15) is 0 Å². The molecule has 2 atom stereocenters. The Balaban J connectivity index is 2.66. The van der Waals surface area contributed by atoms with E-state index in [0.717, 1.165) is 5.56 Å². The number of hydrogen-bond donors (Lipinski definition) is 0. The molecule has 0 amide bonds. The van der Waals surface area contributed by atoms with Crippen LogP contribution in [0.15, 0.2) is 12.1 Å². The average Bonchev–Trinajstić information content (AvgIpc) is 2.34. The number of hydrogen-bond acceptors (Lipinski definition) is 4. The van der Waals surface area contributed by atoms with Crippen LogP contribution in [0.25, 0.3) is 0 Å². The monoisotopic (exact) mass is 268 g/mol. The number of ether oxygens (including phenoxy) is 2. The number of rotatable bonds is 2. The highest BCUT2D eigenvalue weighted by Gasteiger charge is 2.37. The van der Waals surface area contributed by atoms with E-state index in [1.165, 1.54) is 7.11 Å². The smallest absolute Gasteiger partial charge is 0.170 e. The number of benzene rings is 1. The Bertz CT molecular complexity index is 550. The fraction of sp³-hybridized carbons (Fsp3) is 0.462. The van der Waals surface area contributed by atoms with Crippen molar-refractivity contribution in [3.8, 4) is 11.5 Å². The second-order valence-electron chi connectivity index (χ2n) is 4.73. The van der Waals surface area contributed by atoms with Crippen molar-refractivity contribution in [1.82, 2.24) is 0 Å². The van der Waals surface area contributed by atoms with Crippen LogP contribution < -0.4 is 9.47 Å². The van der Waals surface area contributed by atoms with E-state index in [1.807, 2.05) is 6.92 Å². The molecular formula is C13H17O4P. The molecule has 1 aliphatic heterocycles. The Morgan fingerprint density at radius 3 is 2.33 bits per heavy atom. The fourth-order valence-corrected chi connectivity index (χ4v) is 4.10. The second-order valence-corrected chi connectivity index (χ2v) is 8.16. The number of carbonyl (C=O) groups is 1. The van der Waals surface area contributed by atoms with Gasteiger partial charge in [0.2, 0.25) is 0 Å². The maximum absolute atomic E-state index is 12.4. The molecule has 2 unspecified atom stereocenters. The number of ketones is 1. The van der Waals surface area contributed by atoms with Crippen LogP contribution in [0.4, 0.5) is 0 Å². The first-order valence-corrected chi connectivity index (χ1v) is 8.17. The Hall–Kier alpha value is -1.28. The first kappa shape index (κ1) is 13.2. The highest BCUT2D eigenvalue weighted by atomic mass is 31.2. The summed E-state index contributed by atoms with van der Waals surface area (Å²) in [5, 5.41) is 0. The van der Waals surface area contributed by atoms with E-state index < -0.39 is 7.14 Å². The predicted octanol–water partition coefficient (Wildman–Crippen LogP) is 2.95. The van der Waals surface area contributed by atoms with Gasteiger partial charge in [-0.25, -0.2) is 0 Å². The van der Waals surface area contributed by atoms with Gasteiger partial charge < -0.3 is 14.0 Å². The highest BCUT2D eigenvalue weighted by molar-refractivity contribution is 7.64. The molecule has 18 heavy (non-hydrogen) atoms. The van der Waals surface area contributed by atoms with Crippen molar-refractivity contribution in [3.05, 3.63) is 23.3 Å². The normalized spacial score (nSPS) is 26.7. The summed E-state index contributed by atoms with van der Waals surface area (Å²) in [6.45, 7) is 3.59. The summed E-state index contributed by atoms with van der Waals surface area (Å²) in [5.41, 5.74) is 1.29. The molecule has 0 aliphatic carbocycles. The zero-order chi connectivity index (χ0) is 13.5. The molecule has 1 aromatic rings. The summed E-state index contributed by atoms with van der Waals surface area (Å²) in [6.07, 6.45) is 0.136. The fourth-order valence-electron chi connectivity index (χ4n) is 2.28. The van der Waals surface area contributed by atoms with Crippen molar-refractivity contribution in [2.24, 2.45) is 0 Å². The van der Waals surface area contributed by atoms with Crippen LogP contribution in [0, 0.1) is 0 Å². The Morgan fingerprint density at radius 2 is 1.78 bits per heavy atom. The molecule has 1 aliphatic rings. The average molecular weight is 268 g/mol. The van der Waals surface area contributed by atoms with Crippen molar-refractivity contribution in [2.45, 2.75) is 12.6 Å². The zero-order valence-corrected chi connectivity index (χ0v) is 11.9. The first-order chi connectivity index (χ1) is 8.40. The number of carbonyl (C=O) groups excluding carboxylic acids is 1. The van der Waals surface area contributed by atoms with Crippen LogP contribution in [-0.4, -0.2) is 32.8 Å². The molecule has 0 spiro atoms. The van der Waals surface area contributed by atoms with Gasteiger partial charge in [0.25, 0.3) is 0 Å². The largest absolute Gasteiger partial charge is 0.493 e. The number of fused-ring (bicyclic) bond motifs is 1. The van der Waals surface area contributed by atoms with Crippen molar-refractivity contribution in [2.75, 3.05) is 27.0 Å². The van der Waals surface area contributed by atoms with E-state index in [2.05, 4.69) is 0 Å². The van der Waals surface area contributed by atoms with E-state index in [0.29, 0.717) is 17.1 Å². The van der Waals surface area contributed by atoms with Crippen LogP contribution in [0.1, 0.15) is 28.5 Å². The van der Waals surface area contributed by atoms with Crippen LogP contribution in [-0.2, 0) is 4.57 Å². The quantitative estimate of drug-likeness (QED) is 0.774. The Kier molecular flexibility index (Phi) is 3.24. The molecule has 0 radical (unpaired) electrons. The summed E-state index contributed by atoms with van der Waals surface area (Å²) >= 11 is 0. The van der Waals surface area contributed by atoms with Gasteiger partial charge in [-0.1, -0.05) is 6.92 Å². The summed E-state index contributed by atoms with van der Waals surface area (Å²) in [4.78, 5) is 12.0. The zero-order valence-electron chi connectivity index (χ0n) is 11.0. The molecule has 4 nitrogen and oxygen atoms in total. The summed E-state index contributed by atoms with van der Waals surface area (Å²) in [6, 6.07) is 3.46. The van der Waals surface area contributed by atoms with Crippen molar-refractivity contribution < 1.29 is 18.8 Å². The van der Waals surface area contributed by atoms with Crippen molar-refractivity contribution >= 4 is 12.9 Å². The Labute approximate surface area is 107 Å². The molecule has 0 N–H and O–H groups in total. The molecule has 0 saturated carbocycles. The van der Waals surface area contributed by atoms with E-state index in [1.54, 1.807) is 25.9 Å². The molecule has 1 aromatic carbocycles. The molecule has 98 valence electrons. The van der Waals surface area contributed by atoms with E-state index in [9.17, 15) is 9.36 Å². The number of methoxy groups -OCH3 is 2. The third-order valence-electron chi connectivity index (χ3n) is 3.58. The van der Waals surface area contributed by atoms with Gasteiger partial charge in [-0.3, -0.25) is 4.79 Å². The minimum absolute atomic E-state index is 0.0742. The van der Waals surface area contributed by atoms with Gasteiger partial charge in [0.15, 0.2) is 17.3 Å². The summed E-state index contributed by atoms with van der Waals surface area (Å²) in [5.74, 6) is 1.03. The standard InChI is InChI=1S/C13H17O4P/c1-8-9-5-12(16-2)13(17-3)6-10(9)11(14)7-18(8,4)15/h5-6,8H,7H2,1-4H3. The SMILES string of the molecule is COc1cc2c(cc1OC)C(C)P(C)(=O)CC2=O. The summed E-state index contributed by atoms with van der Waals surface area (Å²) in [7, 11) is 0.614. The van der Waals surface area contributed by atoms with Crippen LogP contribution in [0.5, 0.6) is 11.5 Å². The van der Waals surface area contributed by atoms with Crippen molar-refractivity contribution in [1.29, 1.82) is 0 Å². The van der Waals surface area contributed by atoms with Gasteiger partial charge in [0.05, 0.1) is 27.5 Å². The minimum atomic E-state index is -2.47. The first-order valence-electron chi connectivity index (χ1n) is 5.76. The molecule has 1 heterocycles. The van der Waals surface area contributed by atoms with Gasteiger partial charge in [0.1, 0.15) is 0 Å². The minimum Gasteiger partial charge on any atom is -0.493 e. The predicted molar refractivity (Wildman–Crippen MR) is 70.7 cm³/mol. The lowest BCUT2D eigenvalue weighted by Crippen LogP contribution is -2.19. The Morgan fingerprint density at radius 1 is 1.22 bits per heavy atom. The van der Waals surface area contributed by atoms with Gasteiger partial charge in [-0.05, 0) is 24.4 Å².